The Labute approximate surface area is 173 Å². The molecule has 1 saturated heterocycles. The molecule has 142 valence electrons. The summed E-state index contributed by atoms with van der Waals surface area (Å²) in [5, 5.41) is 2.62. The first-order chi connectivity index (χ1) is 14.1. The number of carbonyl (C=O) groups excluding carboxylic acids is 2. The molecule has 29 heavy (non-hydrogen) atoms. The maximum absolute atomic E-state index is 13.0. The van der Waals surface area contributed by atoms with Gasteiger partial charge in [0.05, 0.1) is 5.69 Å². The lowest BCUT2D eigenvalue weighted by atomic mass is 10.1. The normalized spacial score (nSPS) is 15.4. The Hall–Kier alpha value is -3.77. The van der Waals surface area contributed by atoms with Gasteiger partial charge in [0.15, 0.2) is 5.11 Å². The molecule has 0 bridgehead atoms. The molecule has 4 rings (SSSR count). The van der Waals surface area contributed by atoms with Crippen LogP contribution < -0.4 is 15.0 Å². The number of benzene rings is 3. The fourth-order valence-corrected chi connectivity index (χ4v) is 3.18. The first kappa shape index (κ1) is 18.6. The lowest BCUT2D eigenvalue weighted by molar-refractivity contribution is -0.122. The predicted octanol–water partition coefficient (Wildman–Crippen LogP) is 4.31. The summed E-state index contributed by atoms with van der Waals surface area (Å²) in [4.78, 5) is 26.6. The van der Waals surface area contributed by atoms with Crippen LogP contribution in [0.25, 0.3) is 6.08 Å². The van der Waals surface area contributed by atoms with Crippen molar-refractivity contribution in [3.63, 3.8) is 0 Å². The Bertz CT molecular complexity index is 1090. The van der Waals surface area contributed by atoms with Gasteiger partial charge in [0.25, 0.3) is 11.8 Å². The molecule has 1 N–H and O–H groups in total. The number of carbonyl (C=O) groups is 2. The van der Waals surface area contributed by atoms with Gasteiger partial charge in [-0.1, -0.05) is 48.5 Å². The van der Waals surface area contributed by atoms with E-state index in [0.29, 0.717) is 17.2 Å². The molecular formula is C23H16N2O3S. The molecule has 3 aromatic rings. The predicted molar refractivity (Wildman–Crippen MR) is 116 cm³/mol. The van der Waals surface area contributed by atoms with Crippen molar-refractivity contribution in [1.29, 1.82) is 0 Å². The Morgan fingerprint density at radius 2 is 1.38 bits per heavy atom. The van der Waals surface area contributed by atoms with Crippen molar-refractivity contribution < 1.29 is 14.3 Å². The monoisotopic (exact) mass is 400 g/mol. The van der Waals surface area contributed by atoms with Crippen LogP contribution in [0.4, 0.5) is 5.69 Å². The van der Waals surface area contributed by atoms with Crippen molar-refractivity contribution in [2.24, 2.45) is 0 Å². The van der Waals surface area contributed by atoms with Gasteiger partial charge in [0.2, 0.25) is 0 Å². The lowest BCUT2D eigenvalue weighted by Gasteiger charge is -2.29. The van der Waals surface area contributed by atoms with E-state index in [4.69, 9.17) is 17.0 Å². The summed E-state index contributed by atoms with van der Waals surface area (Å²) in [6, 6.07) is 25.5. The van der Waals surface area contributed by atoms with Crippen LogP contribution in [0, 0.1) is 0 Å². The van der Waals surface area contributed by atoms with Gasteiger partial charge in [-0.3, -0.25) is 19.8 Å². The van der Waals surface area contributed by atoms with Gasteiger partial charge in [0, 0.05) is 0 Å². The summed E-state index contributed by atoms with van der Waals surface area (Å²) in [6.45, 7) is 0. The second-order valence-corrected chi connectivity index (χ2v) is 6.66. The van der Waals surface area contributed by atoms with Gasteiger partial charge < -0.3 is 4.74 Å². The number of amides is 2. The van der Waals surface area contributed by atoms with Crippen LogP contribution in [0.1, 0.15) is 5.56 Å². The van der Waals surface area contributed by atoms with Gasteiger partial charge in [-0.05, 0) is 60.3 Å². The van der Waals surface area contributed by atoms with E-state index in [-0.39, 0.29) is 10.7 Å². The quantitative estimate of drug-likeness (QED) is 0.403. The highest BCUT2D eigenvalue weighted by Crippen LogP contribution is 2.27. The van der Waals surface area contributed by atoms with E-state index in [1.54, 1.807) is 30.3 Å². The molecular weight excluding hydrogens is 384 g/mol. The molecule has 1 aliphatic heterocycles. The maximum Gasteiger partial charge on any atom is 0.270 e. The van der Waals surface area contributed by atoms with Crippen molar-refractivity contribution in [2.75, 3.05) is 4.90 Å². The van der Waals surface area contributed by atoms with E-state index < -0.39 is 11.8 Å². The minimum absolute atomic E-state index is 0.0226. The minimum atomic E-state index is -0.510. The summed E-state index contributed by atoms with van der Waals surface area (Å²) in [5.41, 5.74) is 1.32. The standard InChI is InChI=1S/C23H16N2O3S/c26-21-20(15-16-7-3-1-4-8-16)22(27)25(23(29)24-21)17-11-13-19(14-12-17)28-18-9-5-2-6-10-18/h1-15H,(H,24,26,29). The van der Waals surface area contributed by atoms with Gasteiger partial charge in [-0.15, -0.1) is 0 Å². The van der Waals surface area contributed by atoms with E-state index in [1.165, 1.54) is 4.90 Å². The second-order valence-electron chi connectivity index (χ2n) is 6.28. The fourth-order valence-electron chi connectivity index (χ4n) is 2.90. The summed E-state index contributed by atoms with van der Waals surface area (Å²) < 4.78 is 5.77. The third-order valence-corrected chi connectivity index (χ3v) is 4.57. The number of rotatable bonds is 4. The van der Waals surface area contributed by atoms with Crippen molar-refractivity contribution in [3.8, 4) is 11.5 Å². The summed E-state index contributed by atoms with van der Waals surface area (Å²) in [6.07, 6.45) is 1.55. The molecule has 0 radical (unpaired) electrons. The molecule has 2 amide bonds. The SMILES string of the molecule is O=C1NC(=S)N(c2ccc(Oc3ccccc3)cc2)C(=O)C1=Cc1ccccc1. The largest absolute Gasteiger partial charge is 0.457 e. The van der Waals surface area contributed by atoms with E-state index in [2.05, 4.69) is 5.32 Å². The highest BCUT2D eigenvalue weighted by molar-refractivity contribution is 7.80. The van der Waals surface area contributed by atoms with E-state index in [0.717, 1.165) is 5.56 Å². The van der Waals surface area contributed by atoms with Crippen LogP contribution in [0.5, 0.6) is 11.5 Å². The first-order valence-electron chi connectivity index (χ1n) is 8.91. The van der Waals surface area contributed by atoms with E-state index >= 15 is 0 Å². The minimum Gasteiger partial charge on any atom is -0.457 e. The van der Waals surface area contributed by atoms with Crippen LogP contribution >= 0.6 is 12.2 Å². The molecule has 0 aromatic heterocycles. The fraction of sp³-hybridized carbons (Fsp3) is 0. The molecule has 6 heteroatoms. The van der Waals surface area contributed by atoms with Crippen LogP contribution in [0.3, 0.4) is 0 Å². The second kappa shape index (κ2) is 8.08. The molecule has 1 heterocycles. The van der Waals surface area contributed by atoms with Crippen molar-refractivity contribution in [3.05, 3.63) is 96.1 Å². The van der Waals surface area contributed by atoms with Gasteiger partial charge >= 0.3 is 0 Å². The van der Waals surface area contributed by atoms with Crippen molar-refractivity contribution in [2.45, 2.75) is 0 Å². The number of nitrogens with zero attached hydrogens (tertiary/aromatic N) is 1. The Morgan fingerprint density at radius 1 is 0.793 bits per heavy atom. The lowest BCUT2D eigenvalue weighted by Crippen LogP contribution is -2.54. The van der Waals surface area contributed by atoms with Gasteiger partial charge in [-0.2, -0.15) is 0 Å². The number of para-hydroxylation sites is 1. The first-order valence-corrected chi connectivity index (χ1v) is 9.32. The number of nitrogens with one attached hydrogen (secondary N) is 1. The third-order valence-electron chi connectivity index (χ3n) is 4.29. The molecule has 0 unspecified atom stereocenters. The molecule has 0 aliphatic carbocycles. The van der Waals surface area contributed by atoms with Crippen LogP contribution in [-0.4, -0.2) is 16.9 Å². The van der Waals surface area contributed by atoms with Gasteiger partial charge in [0.1, 0.15) is 17.1 Å². The highest BCUT2D eigenvalue weighted by Gasteiger charge is 2.34. The Balaban J connectivity index is 1.60. The Morgan fingerprint density at radius 3 is 2.03 bits per heavy atom. The summed E-state index contributed by atoms with van der Waals surface area (Å²) in [5.74, 6) is 0.355. The number of hydrogen-bond acceptors (Lipinski definition) is 4. The Kier molecular flexibility index (Phi) is 5.18. The topological polar surface area (TPSA) is 58.6 Å². The summed E-state index contributed by atoms with van der Waals surface area (Å²) in [7, 11) is 0. The van der Waals surface area contributed by atoms with Crippen LogP contribution in [-0.2, 0) is 9.59 Å². The molecule has 0 saturated carbocycles. The van der Waals surface area contributed by atoms with E-state index in [1.807, 2.05) is 60.7 Å². The zero-order chi connectivity index (χ0) is 20.2. The van der Waals surface area contributed by atoms with Crippen LogP contribution in [0.2, 0.25) is 0 Å². The maximum atomic E-state index is 13.0. The zero-order valence-electron chi connectivity index (χ0n) is 15.2. The number of anilines is 1. The van der Waals surface area contributed by atoms with Gasteiger partial charge in [-0.25, -0.2) is 0 Å². The van der Waals surface area contributed by atoms with E-state index in [9.17, 15) is 9.59 Å². The molecule has 0 atom stereocenters. The molecule has 1 fully saturated rings. The average Bonchev–Trinajstić information content (AvgIpc) is 2.74. The van der Waals surface area contributed by atoms with Crippen molar-refractivity contribution >= 4 is 40.9 Å². The molecule has 5 nitrogen and oxygen atoms in total. The number of hydrogen-bond donors (Lipinski definition) is 1. The van der Waals surface area contributed by atoms with Crippen LogP contribution in [0.15, 0.2) is 90.5 Å². The zero-order valence-corrected chi connectivity index (χ0v) is 16.1. The third kappa shape index (κ3) is 4.07. The molecule has 1 aliphatic rings. The van der Waals surface area contributed by atoms with Crippen molar-refractivity contribution in [1.82, 2.24) is 5.32 Å². The molecule has 3 aromatic carbocycles. The number of thiocarbonyl (C=S) groups is 1. The number of ether oxygens (including phenoxy) is 1. The smallest absolute Gasteiger partial charge is 0.270 e. The molecule has 0 spiro atoms. The highest BCUT2D eigenvalue weighted by atomic mass is 32.1. The summed E-state index contributed by atoms with van der Waals surface area (Å²) >= 11 is 5.23. The average molecular weight is 400 g/mol.